The summed E-state index contributed by atoms with van der Waals surface area (Å²) < 4.78 is 26.1. The van der Waals surface area contributed by atoms with Gasteiger partial charge in [0.05, 0.1) is 5.51 Å². The molecule has 10 heteroatoms. The zero-order chi connectivity index (χ0) is 14.8. The van der Waals surface area contributed by atoms with Crippen LogP contribution in [0.1, 0.15) is 29.5 Å². The number of sulfonamides is 1. The molecule has 0 spiro atoms. The molecule has 0 saturated carbocycles. The molecule has 0 aliphatic carbocycles. The Balaban J connectivity index is 2.26. The van der Waals surface area contributed by atoms with Gasteiger partial charge in [-0.05, 0) is 6.42 Å². The minimum Gasteiger partial charge on any atom is -0.476 e. The van der Waals surface area contributed by atoms with Crippen LogP contribution in [0.4, 0.5) is 5.82 Å². The molecule has 20 heavy (non-hydrogen) atoms. The molecule has 0 aliphatic rings. The van der Waals surface area contributed by atoms with Gasteiger partial charge in [-0.3, -0.25) is 9.82 Å². The first-order valence-corrected chi connectivity index (χ1v) is 8.04. The Labute approximate surface area is 118 Å². The molecule has 0 fully saturated rings. The number of thiazole rings is 1. The number of aromatic amines is 1. The maximum absolute atomic E-state index is 12.1. The number of hydrogen-bond acceptors (Lipinski definition) is 6. The lowest BCUT2D eigenvalue weighted by molar-refractivity contribution is 0.0687. The summed E-state index contributed by atoms with van der Waals surface area (Å²) in [6.45, 7) is 1.99. The molecule has 0 atom stereocenters. The van der Waals surface area contributed by atoms with E-state index in [-0.39, 0.29) is 10.0 Å². The Hall–Kier alpha value is -1.94. The van der Waals surface area contributed by atoms with Crippen LogP contribution in [0.25, 0.3) is 0 Å². The van der Waals surface area contributed by atoms with E-state index in [9.17, 15) is 13.2 Å². The van der Waals surface area contributed by atoms with E-state index >= 15 is 0 Å². The number of H-pyrrole nitrogens is 1. The lowest BCUT2D eigenvalue weighted by atomic mass is 10.2. The van der Waals surface area contributed by atoms with Crippen molar-refractivity contribution in [3.05, 3.63) is 23.0 Å². The van der Waals surface area contributed by atoms with Gasteiger partial charge in [0.15, 0.2) is 15.7 Å². The van der Waals surface area contributed by atoms with E-state index < -0.39 is 21.7 Å². The predicted octanol–water partition coefficient (Wildman–Crippen LogP) is 1.32. The van der Waals surface area contributed by atoms with Gasteiger partial charge in [0.2, 0.25) is 0 Å². The lowest BCUT2D eigenvalue weighted by Crippen LogP contribution is -2.15. The molecular formula is C10H12N4O4S2. The van der Waals surface area contributed by atoms with E-state index in [1.807, 2.05) is 6.92 Å². The number of anilines is 1. The van der Waals surface area contributed by atoms with E-state index in [0.717, 1.165) is 29.9 Å². The number of carboxylic acid groups (broad SMARTS) is 1. The van der Waals surface area contributed by atoms with Crippen molar-refractivity contribution in [1.82, 2.24) is 15.2 Å². The summed E-state index contributed by atoms with van der Waals surface area (Å²) >= 11 is 0.741. The highest BCUT2D eigenvalue weighted by Gasteiger charge is 2.26. The fraction of sp³-hybridized carbons (Fsp3) is 0.300. The molecule has 3 N–H and O–H groups in total. The second-order valence-electron chi connectivity index (χ2n) is 3.93. The molecule has 0 saturated heterocycles. The van der Waals surface area contributed by atoms with Crippen molar-refractivity contribution in [3.8, 4) is 0 Å². The van der Waals surface area contributed by atoms with Crippen molar-refractivity contribution in [2.24, 2.45) is 0 Å². The molecule has 0 bridgehead atoms. The Morgan fingerprint density at radius 1 is 1.55 bits per heavy atom. The third kappa shape index (κ3) is 2.96. The van der Waals surface area contributed by atoms with E-state index in [4.69, 9.17) is 5.11 Å². The van der Waals surface area contributed by atoms with Crippen molar-refractivity contribution in [1.29, 1.82) is 0 Å². The fourth-order valence-corrected chi connectivity index (χ4v) is 3.70. The number of hydrogen-bond donors (Lipinski definition) is 3. The van der Waals surface area contributed by atoms with Crippen LogP contribution in [0.5, 0.6) is 0 Å². The average Bonchev–Trinajstić information content (AvgIpc) is 2.98. The molecule has 108 valence electrons. The molecule has 2 aromatic heterocycles. The fourth-order valence-electron chi connectivity index (χ4n) is 1.56. The van der Waals surface area contributed by atoms with Crippen LogP contribution in [0.2, 0.25) is 0 Å². The molecular weight excluding hydrogens is 304 g/mol. The van der Waals surface area contributed by atoms with Gasteiger partial charge in [0.1, 0.15) is 0 Å². The van der Waals surface area contributed by atoms with Crippen LogP contribution >= 0.6 is 11.3 Å². The van der Waals surface area contributed by atoms with Gasteiger partial charge >= 0.3 is 5.97 Å². The molecule has 0 unspecified atom stereocenters. The zero-order valence-electron chi connectivity index (χ0n) is 10.5. The summed E-state index contributed by atoms with van der Waals surface area (Å²) in [5.74, 6) is -1.27. The zero-order valence-corrected chi connectivity index (χ0v) is 12.1. The molecule has 2 aromatic rings. The van der Waals surface area contributed by atoms with Crippen molar-refractivity contribution in [2.75, 3.05) is 4.72 Å². The highest BCUT2D eigenvalue weighted by atomic mass is 32.2. The predicted molar refractivity (Wildman–Crippen MR) is 72.5 cm³/mol. The van der Waals surface area contributed by atoms with Crippen LogP contribution < -0.4 is 4.72 Å². The van der Waals surface area contributed by atoms with Crippen molar-refractivity contribution in [3.63, 3.8) is 0 Å². The Morgan fingerprint density at radius 2 is 2.30 bits per heavy atom. The third-order valence-electron chi connectivity index (χ3n) is 2.37. The van der Waals surface area contributed by atoms with Gasteiger partial charge in [-0.2, -0.15) is 5.10 Å². The number of aromatic nitrogens is 3. The second kappa shape index (κ2) is 5.59. The topological polar surface area (TPSA) is 125 Å². The standard InChI is InChI=1S/C10H12N4O4S2/c1-2-3-6-4-7(13-12-6)14-20(17,18)10-8(9(15)16)11-5-19-10/h4-5H,2-3H2,1H3,(H,15,16)(H2,12,13,14). The first-order chi connectivity index (χ1) is 9.44. The Morgan fingerprint density at radius 3 is 2.95 bits per heavy atom. The highest BCUT2D eigenvalue weighted by Crippen LogP contribution is 2.22. The molecule has 0 amide bonds. The number of nitrogens with one attached hydrogen (secondary N) is 2. The maximum atomic E-state index is 12.1. The lowest BCUT2D eigenvalue weighted by Gasteiger charge is -2.02. The average molecular weight is 316 g/mol. The monoisotopic (exact) mass is 316 g/mol. The minimum absolute atomic E-state index is 0.123. The van der Waals surface area contributed by atoms with Crippen LogP contribution in [0.3, 0.4) is 0 Å². The number of aromatic carboxylic acids is 1. The maximum Gasteiger partial charge on any atom is 0.356 e. The molecule has 2 heterocycles. The van der Waals surface area contributed by atoms with Crippen molar-refractivity contribution >= 4 is 33.1 Å². The van der Waals surface area contributed by atoms with Gasteiger partial charge in [-0.15, -0.1) is 11.3 Å². The van der Waals surface area contributed by atoms with E-state index in [2.05, 4.69) is 19.9 Å². The van der Waals surface area contributed by atoms with E-state index in [0.29, 0.717) is 0 Å². The number of rotatable bonds is 6. The number of carbonyl (C=O) groups is 1. The summed E-state index contributed by atoms with van der Waals surface area (Å²) in [5, 5.41) is 15.4. The number of carboxylic acids is 1. The van der Waals surface area contributed by atoms with Crippen molar-refractivity contribution < 1.29 is 18.3 Å². The van der Waals surface area contributed by atoms with E-state index in [1.54, 1.807) is 6.07 Å². The van der Waals surface area contributed by atoms with E-state index in [1.165, 1.54) is 5.51 Å². The van der Waals surface area contributed by atoms with Crippen LogP contribution in [-0.4, -0.2) is 34.7 Å². The quantitative estimate of drug-likeness (QED) is 0.738. The van der Waals surface area contributed by atoms with Crippen LogP contribution in [-0.2, 0) is 16.4 Å². The van der Waals surface area contributed by atoms with Gasteiger partial charge in [-0.1, -0.05) is 13.3 Å². The Kier molecular flexibility index (Phi) is 4.04. The van der Waals surface area contributed by atoms with Gasteiger partial charge in [0, 0.05) is 11.8 Å². The smallest absolute Gasteiger partial charge is 0.356 e. The van der Waals surface area contributed by atoms with Crippen LogP contribution in [0, 0.1) is 0 Å². The summed E-state index contributed by atoms with van der Waals surface area (Å²) in [7, 11) is -4.00. The minimum atomic E-state index is -4.00. The first-order valence-electron chi connectivity index (χ1n) is 5.68. The SMILES string of the molecule is CCCc1cc(NS(=O)(=O)c2scnc2C(=O)O)n[nH]1. The summed E-state index contributed by atoms with van der Waals surface area (Å²) in [5.41, 5.74) is 1.48. The van der Waals surface area contributed by atoms with Gasteiger partial charge < -0.3 is 5.11 Å². The molecule has 2 rings (SSSR count). The molecule has 0 aliphatic heterocycles. The highest BCUT2D eigenvalue weighted by molar-refractivity contribution is 7.94. The largest absolute Gasteiger partial charge is 0.476 e. The first kappa shape index (κ1) is 14.5. The van der Waals surface area contributed by atoms with Gasteiger partial charge in [-0.25, -0.2) is 18.2 Å². The summed E-state index contributed by atoms with van der Waals surface area (Å²) in [4.78, 5) is 14.4. The number of aryl methyl sites for hydroxylation is 1. The van der Waals surface area contributed by atoms with Gasteiger partial charge in [0.25, 0.3) is 10.0 Å². The third-order valence-corrected chi connectivity index (χ3v) is 5.10. The number of nitrogens with zero attached hydrogens (tertiary/aromatic N) is 2. The normalized spacial score (nSPS) is 11.4. The summed E-state index contributed by atoms with van der Waals surface area (Å²) in [6, 6.07) is 1.57. The second-order valence-corrected chi connectivity index (χ2v) is 6.66. The van der Waals surface area contributed by atoms with Crippen molar-refractivity contribution in [2.45, 2.75) is 24.0 Å². The molecule has 8 nitrogen and oxygen atoms in total. The van der Waals surface area contributed by atoms with Crippen LogP contribution in [0.15, 0.2) is 15.8 Å². The molecule has 0 radical (unpaired) electrons. The Bertz CT molecular complexity index is 719. The molecule has 0 aromatic carbocycles. The summed E-state index contributed by atoms with van der Waals surface area (Å²) in [6.07, 6.45) is 1.64.